The van der Waals surface area contributed by atoms with E-state index in [2.05, 4.69) is 51.3 Å². The van der Waals surface area contributed by atoms with Gasteiger partial charge in [0.05, 0.1) is 18.9 Å². The van der Waals surface area contributed by atoms with Gasteiger partial charge in [-0.1, -0.05) is 19.0 Å². The molecule has 1 unspecified atom stereocenters. The highest BCUT2D eigenvalue weighted by molar-refractivity contribution is 7.99. The molecule has 3 rings (SSSR count). The number of morpholine rings is 1. The van der Waals surface area contributed by atoms with Crippen molar-refractivity contribution in [3.05, 3.63) is 17.0 Å². The van der Waals surface area contributed by atoms with Crippen LogP contribution in [-0.4, -0.2) is 73.0 Å². The molecule has 0 saturated carbocycles. The van der Waals surface area contributed by atoms with Gasteiger partial charge < -0.3 is 19.9 Å². The Balaban J connectivity index is 1.59. The zero-order valence-electron chi connectivity index (χ0n) is 16.8. The molecule has 2 fully saturated rings. The summed E-state index contributed by atoms with van der Waals surface area (Å²) in [4.78, 5) is 7.04. The van der Waals surface area contributed by atoms with E-state index in [0.717, 1.165) is 63.1 Å². The number of aryl methyl sites for hydroxylation is 2. The Morgan fingerprint density at radius 1 is 1.26 bits per heavy atom. The van der Waals surface area contributed by atoms with Crippen LogP contribution >= 0.6 is 11.8 Å². The molecule has 1 atom stereocenters. The summed E-state index contributed by atoms with van der Waals surface area (Å²) in [5, 5.41) is 11.2. The van der Waals surface area contributed by atoms with E-state index < -0.39 is 0 Å². The molecule has 0 spiro atoms. The van der Waals surface area contributed by atoms with E-state index in [9.17, 15) is 0 Å². The van der Waals surface area contributed by atoms with Crippen LogP contribution in [0.25, 0.3) is 0 Å². The van der Waals surface area contributed by atoms with E-state index in [-0.39, 0.29) is 5.54 Å². The molecule has 3 heterocycles. The predicted molar refractivity (Wildman–Crippen MR) is 111 cm³/mol. The van der Waals surface area contributed by atoms with Crippen LogP contribution in [0.15, 0.2) is 9.52 Å². The molecule has 1 aromatic heterocycles. The summed E-state index contributed by atoms with van der Waals surface area (Å²) in [6.45, 7) is 9.53. The van der Waals surface area contributed by atoms with Crippen molar-refractivity contribution in [1.29, 1.82) is 0 Å². The summed E-state index contributed by atoms with van der Waals surface area (Å²) in [6.07, 6.45) is 2.95. The summed E-state index contributed by atoms with van der Waals surface area (Å²) < 4.78 is 11.0. The number of aromatic nitrogens is 1. The third-order valence-electron chi connectivity index (χ3n) is 5.61. The van der Waals surface area contributed by atoms with Crippen LogP contribution in [0.5, 0.6) is 0 Å². The smallest absolute Gasteiger partial charge is 0.191 e. The Hall–Kier alpha value is -1.25. The van der Waals surface area contributed by atoms with Crippen molar-refractivity contribution in [3.8, 4) is 0 Å². The number of ether oxygens (including phenoxy) is 1. The molecule has 27 heavy (non-hydrogen) atoms. The first-order valence-corrected chi connectivity index (χ1v) is 11.2. The summed E-state index contributed by atoms with van der Waals surface area (Å²) in [5.41, 5.74) is 2.40. The number of nitrogens with one attached hydrogen (secondary N) is 2. The molecular weight excluding hydrogens is 362 g/mol. The third-order valence-corrected chi connectivity index (χ3v) is 6.85. The molecule has 8 heteroatoms. The lowest BCUT2D eigenvalue weighted by Crippen LogP contribution is -2.60. The average Bonchev–Trinajstić information content (AvgIpc) is 3.36. The fraction of sp³-hybridized carbons (Fsp3) is 0.789. The van der Waals surface area contributed by atoms with Crippen molar-refractivity contribution in [2.24, 2.45) is 4.99 Å². The maximum Gasteiger partial charge on any atom is 0.191 e. The highest BCUT2D eigenvalue weighted by atomic mass is 32.2. The minimum absolute atomic E-state index is 0.201. The Bertz CT molecular complexity index is 600. The van der Waals surface area contributed by atoms with E-state index >= 15 is 0 Å². The molecule has 0 aliphatic carbocycles. The molecule has 0 amide bonds. The highest BCUT2D eigenvalue weighted by Crippen LogP contribution is 2.33. The van der Waals surface area contributed by atoms with Crippen molar-refractivity contribution < 1.29 is 9.26 Å². The van der Waals surface area contributed by atoms with Gasteiger partial charge in [-0.25, -0.2) is 0 Å². The fourth-order valence-electron chi connectivity index (χ4n) is 3.91. The maximum atomic E-state index is 5.55. The highest BCUT2D eigenvalue weighted by Gasteiger charge is 2.40. The number of aliphatic imine (C=N–C) groups is 1. The van der Waals surface area contributed by atoms with E-state index in [1.165, 1.54) is 23.5 Å². The first kappa shape index (κ1) is 20.5. The lowest BCUT2D eigenvalue weighted by atomic mass is 9.95. The van der Waals surface area contributed by atoms with Gasteiger partial charge in [0.25, 0.3) is 0 Å². The molecule has 2 aliphatic heterocycles. The minimum atomic E-state index is 0.201. The number of nitrogens with zero attached hydrogens (tertiary/aromatic N) is 3. The van der Waals surface area contributed by atoms with Crippen LogP contribution in [0.4, 0.5) is 0 Å². The van der Waals surface area contributed by atoms with Crippen LogP contribution in [0.3, 0.4) is 0 Å². The average molecular weight is 396 g/mol. The zero-order valence-corrected chi connectivity index (χ0v) is 17.7. The summed E-state index contributed by atoms with van der Waals surface area (Å²) in [6, 6.07) is 0. The summed E-state index contributed by atoms with van der Waals surface area (Å²) in [7, 11) is 1.83. The van der Waals surface area contributed by atoms with E-state index in [1.54, 1.807) is 0 Å². The van der Waals surface area contributed by atoms with Gasteiger partial charge >= 0.3 is 0 Å². The van der Waals surface area contributed by atoms with E-state index in [0.29, 0.717) is 6.54 Å². The number of hydrogen-bond donors (Lipinski definition) is 2. The van der Waals surface area contributed by atoms with Gasteiger partial charge in [0.1, 0.15) is 5.76 Å². The number of rotatable bonds is 7. The quantitative estimate of drug-likeness (QED) is 0.537. The van der Waals surface area contributed by atoms with Gasteiger partial charge in [0, 0.05) is 56.5 Å². The second-order valence-corrected chi connectivity index (χ2v) is 8.25. The second-order valence-electron chi connectivity index (χ2n) is 7.14. The van der Waals surface area contributed by atoms with Crippen LogP contribution in [0, 0.1) is 0 Å². The Morgan fingerprint density at radius 3 is 2.70 bits per heavy atom. The molecule has 7 nitrogen and oxygen atoms in total. The van der Waals surface area contributed by atoms with Crippen LogP contribution < -0.4 is 10.6 Å². The molecule has 2 aliphatic rings. The largest absolute Gasteiger partial charge is 0.379 e. The maximum absolute atomic E-state index is 5.55. The number of thioether (sulfide) groups is 1. The molecule has 1 aromatic rings. The van der Waals surface area contributed by atoms with Gasteiger partial charge in [-0.15, -0.1) is 0 Å². The number of guanidine groups is 1. The molecule has 0 radical (unpaired) electrons. The van der Waals surface area contributed by atoms with Crippen molar-refractivity contribution in [1.82, 2.24) is 20.7 Å². The topological polar surface area (TPSA) is 74.9 Å². The van der Waals surface area contributed by atoms with Crippen molar-refractivity contribution in [2.75, 3.05) is 51.4 Å². The van der Waals surface area contributed by atoms with Gasteiger partial charge in [0.15, 0.2) is 5.96 Å². The van der Waals surface area contributed by atoms with Crippen LogP contribution in [0.1, 0.15) is 37.3 Å². The zero-order chi connectivity index (χ0) is 19.1. The monoisotopic (exact) mass is 395 g/mol. The van der Waals surface area contributed by atoms with Crippen molar-refractivity contribution in [2.45, 2.75) is 45.2 Å². The Labute approximate surface area is 166 Å². The SMILES string of the molecule is CCc1noc(CC)c1CNC(=NC)NCC1(N2CCOCC2)CCSC1. The van der Waals surface area contributed by atoms with Crippen LogP contribution in [-0.2, 0) is 24.1 Å². The van der Waals surface area contributed by atoms with Crippen molar-refractivity contribution >= 4 is 17.7 Å². The lowest BCUT2D eigenvalue weighted by molar-refractivity contribution is -0.0120. The fourth-order valence-corrected chi connectivity index (χ4v) is 5.39. The van der Waals surface area contributed by atoms with Crippen LogP contribution in [0.2, 0.25) is 0 Å². The van der Waals surface area contributed by atoms with Gasteiger partial charge in [0.2, 0.25) is 0 Å². The third kappa shape index (κ3) is 4.78. The first-order chi connectivity index (χ1) is 13.2. The summed E-state index contributed by atoms with van der Waals surface area (Å²) in [5.74, 6) is 4.20. The van der Waals surface area contributed by atoms with Gasteiger partial charge in [-0.2, -0.15) is 11.8 Å². The standard InChI is InChI=1S/C19H33N5O2S/c1-4-16-15(17(5-2)26-23-16)12-21-18(20-3)22-13-19(6-11-27-14-19)24-7-9-25-10-8-24/h4-14H2,1-3H3,(H2,20,21,22). The second kappa shape index (κ2) is 9.80. The van der Waals surface area contributed by atoms with Crippen molar-refractivity contribution in [3.63, 3.8) is 0 Å². The molecule has 0 aromatic carbocycles. The normalized spacial score (nSPS) is 24.3. The Morgan fingerprint density at radius 2 is 2.07 bits per heavy atom. The predicted octanol–water partition coefficient (Wildman–Crippen LogP) is 1.67. The Kier molecular flexibility index (Phi) is 7.43. The molecule has 2 saturated heterocycles. The van der Waals surface area contributed by atoms with E-state index in [1.807, 2.05) is 7.05 Å². The van der Waals surface area contributed by atoms with E-state index in [4.69, 9.17) is 9.26 Å². The lowest BCUT2D eigenvalue weighted by Gasteiger charge is -2.43. The molecule has 2 N–H and O–H groups in total. The minimum Gasteiger partial charge on any atom is -0.379 e. The first-order valence-electron chi connectivity index (χ1n) is 10.0. The molecule has 0 bridgehead atoms. The molecular formula is C19H33N5O2S. The summed E-state index contributed by atoms with van der Waals surface area (Å²) >= 11 is 2.05. The van der Waals surface area contributed by atoms with Gasteiger partial charge in [-0.3, -0.25) is 9.89 Å². The molecule has 152 valence electrons. The number of hydrogen-bond acceptors (Lipinski definition) is 6. The van der Waals surface area contributed by atoms with Gasteiger partial charge in [-0.05, 0) is 18.6 Å².